The Morgan fingerprint density at radius 3 is 2.42 bits per heavy atom. The molecule has 2 aromatic carbocycles. The number of aromatic nitrogens is 1. The predicted molar refractivity (Wildman–Crippen MR) is 119 cm³/mol. The molecule has 160 valence electrons. The maximum atomic E-state index is 12.6. The molecule has 0 bridgehead atoms. The van der Waals surface area contributed by atoms with Crippen LogP contribution in [0.5, 0.6) is 0 Å². The van der Waals surface area contributed by atoms with Gasteiger partial charge in [0.15, 0.2) is 5.69 Å². The highest BCUT2D eigenvalue weighted by molar-refractivity contribution is 5.92. The fraction of sp³-hybridized carbons (Fsp3) is 0.320. The van der Waals surface area contributed by atoms with Gasteiger partial charge in [-0.2, -0.15) is 0 Å². The summed E-state index contributed by atoms with van der Waals surface area (Å²) in [5.74, 6) is 0.0943. The van der Waals surface area contributed by atoms with Crippen LogP contribution in [0.2, 0.25) is 0 Å². The van der Waals surface area contributed by atoms with E-state index in [-0.39, 0.29) is 17.7 Å². The molecule has 1 N–H and O–H groups in total. The minimum Gasteiger partial charge on any atom is -0.444 e. The lowest BCUT2D eigenvalue weighted by Crippen LogP contribution is -2.35. The molecule has 2 amide bonds. The largest absolute Gasteiger partial charge is 0.444 e. The minimum absolute atomic E-state index is 0.0103. The number of oxazole rings is 1. The average Bonchev–Trinajstić information content (AvgIpc) is 3.33. The summed E-state index contributed by atoms with van der Waals surface area (Å²) in [6, 6.07) is 17.6. The summed E-state index contributed by atoms with van der Waals surface area (Å²) < 4.78 is 5.59. The molecule has 1 aliphatic rings. The number of likely N-dealkylation sites (N-methyl/N-ethyl adjacent to an activating group) is 1. The smallest absolute Gasteiger partial charge is 0.275 e. The molecule has 0 spiro atoms. The third-order valence-electron chi connectivity index (χ3n) is 5.77. The zero-order valence-electron chi connectivity index (χ0n) is 17.7. The molecular weight excluding hydrogens is 390 g/mol. The number of carbonyl (C=O) groups excluding carboxylic acids is 2. The molecule has 0 aliphatic carbocycles. The molecule has 1 atom stereocenters. The van der Waals surface area contributed by atoms with Crippen LogP contribution in [0, 0.1) is 0 Å². The predicted octanol–water partition coefficient (Wildman–Crippen LogP) is 4.04. The average molecular weight is 418 g/mol. The van der Waals surface area contributed by atoms with E-state index >= 15 is 0 Å². The Labute approximate surface area is 182 Å². The number of nitrogens with one attached hydrogen (secondary N) is 1. The van der Waals surface area contributed by atoms with Crippen LogP contribution in [0.25, 0.3) is 11.5 Å². The Bertz CT molecular complexity index is 1020. The molecule has 0 saturated carbocycles. The van der Waals surface area contributed by atoms with Crippen LogP contribution in [0.4, 0.5) is 0 Å². The van der Waals surface area contributed by atoms with Gasteiger partial charge in [0.05, 0.1) is 5.92 Å². The summed E-state index contributed by atoms with van der Waals surface area (Å²) in [5, 5.41) is 2.76. The Hall–Kier alpha value is -3.41. The first-order chi connectivity index (χ1) is 15.2. The molecule has 6 heteroatoms. The number of piperidine rings is 1. The number of hydrogen-bond donors (Lipinski definition) is 1. The van der Waals surface area contributed by atoms with Gasteiger partial charge in [0.1, 0.15) is 6.26 Å². The fourth-order valence-electron chi connectivity index (χ4n) is 4.00. The zero-order valence-corrected chi connectivity index (χ0v) is 17.7. The van der Waals surface area contributed by atoms with Crippen LogP contribution in [0.3, 0.4) is 0 Å². The highest BCUT2D eigenvalue weighted by Crippen LogP contribution is 2.25. The molecule has 0 radical (unpaired) electrons. The van der Waals surface area contributed by atoms with Gasteiger partial charge in [0.2, 0.25) is 11.8 Å². The molecular formula is C25H27N3O3. The van der Waals surface area contributed by atoms with Gasteiger partial charge in [-0.15, -0.1) is 0 Å². The SMILES string of the molecule is CNC(=O)C(Cc1ccc(-c2nc(C(=O)N3CCCCC3)co2)cc1)c1ccccc1. The first-order valence-electron chi connectivity index (χ1n) is 10.8. The number of carbonyl (C=O) groups is 2. The zero-order chi connectivity index (χ0) is 21.6. The van der Waals surface area contributed by atoms with Crippen molar-refractivity contribution in [3.63, 3.8) is 0 Å². The molecule has 6 nitrogen and oxygen atoms in total. The Kier molecular flexibility index (Phi) is 6.46. The Morgan fingerprint density at radius 1 is 1.03 bits per heavy atom. The Morgan fingerprint density at radius 2 is 1.74 bits per heavy atom. The second-order valence-electron chi connectivity index (χ2n) is 7.87. The maximum absolute atomic E-state index is 12.6. The molecule has 1 aromatic heterocycles. The van der Waals surface area contributed by atoms with Crippen molar-refractivity contribution in [3.8, 4) is 11.5 Å². The van der Waals surface area contributed by atoms with E-state index in [4.69, 9.17) is 4.42 Å². The first-order valence-corrected chi connectivity index (χ1v) is 10.8. The van der Waals surface area contributed by atoms with Gasteiger partial charge in [-0.1, -0.05) is 42.5 Å². The quantitative estimate of drug-likeness (QED) is 0.657. The van der Waals surface area contributed by atoms with Gasteiger partial charge in [-0.25, -0.2) is 4.98 Å². The number of rotatable bonds is 6. The molecule has 1 unspecified atom stereocenters. The normalized spacial score (nSPS) is 14.8. The van der Waals surface area contributed by atoms with Crippen LogP contribution >= 0.6 is 0 Å². The summed E-state index contributed by atoms with van der Waals surface area (Å²) in [5.41, 5.74) is 3.18. The highest BCUT2D eigenvalue weighted by Gasteiger charge is 2.22. The van der Waals surface area contributed by atoms with E-state index in [0.29, 0.717) is 18.0 Å². The van der Waals surface area contributed by atoms with Gasteiger partial charge in [0.25, 0.3) is 5.91 Å². The lowest BCUT2D eigenvalue weighted by Gasteiger charge is -2.25. The maximum Gasteiger partial charge on any atom is 0.275 e. The van der Waals surface area contributed by atoms with Crippen LogP contribution < -0.4 is 5.32 Å². The third kappa shape index (κ3) is 4.85. The van der Waals surface area contributed by atoms with Crippen molar-refractivity contribution >= 4 is 11.8 Å². The van der Waals surface area contributed by atoms with Gasteiger partial charge in [-0.3, -0.25) is 9.59 Å². The van der Waals surface area contributed by atoms with Crippen molar-refractivity contribution in [2.45, 2.75) is 31.6 Å². The lowest BCUT2D eigenvalue weighted by atomic mass is 9.91. The first kappa shape index (κ1) is 20.8. The van der Waals surface area contributed by atoms with Crippen molar-refractivity contribution < 1.29 is 14.0 Å². The fourth-order valence-corrected chi connectivity index (χ4v) is 4.00. The lowest BCUT2D eigenvalue weighted by molar-refractivity contribution is -0.122. The van der Waals surface area contributed by atoms with Crippen LogP contribution in [-0.4, -0.2) is 41.8 Å². The molecule has 1 fully saturated rings. The summed E-state index contributed by atoms with van der Waals surface area (Å²) in [4.78, 5) is 31.3. The second kappa shape index (κ2) is 9.60. The number of hydrogen-bond acceptors (Lipinski definition) is 4. The third-order valence-corrected chi connectivity index (χ3v) is 5.77. The summed E-state index contributed by atoms with van der Waals surface area (Å²) in [6.45, 7) is 1.56. The Balaban J connectivity index is 1.47. The summed E-state index contributed by atoms with van der Waals surface area (Å²) in [6.07, 6.45) is 5.28. The van der Waals surface area contributed by atoms with Crippen molar-refractivity contribution in [1.29, 1.82) is 0 Å². The van der Waals surface area contributed by atoms with Gasteiger partial charge in [0, 0.05) is 25.7 Å². The van der Waals surface area contributed by atoms with E-state index in [2.05, 4.69) is 10.3 Å². The van der Waals surface area contributed by atoms with Crippen LogP contribution in [0.15, 0.2) is 65.3 Å². The van der Waals surface area contributed by atoms with E-state index in [0.717, 1.165) is 42.6 Å². The van der Waals surface area contributed by atoms with E-state index in [9.17, 15) is 9.59 Å². The van der Waals surface area contributed by atoms with Gasteiger partial charge in [-0.05, 0) is 48.9 Å². The van der Waals surface area contributed by atoms with E-state index in [1.54, 1.807) is 7.05 Å². The van der Waals surface area contributed by atoms with E-state index in [1.807, 2.05) is 59.5 Å². The van der Waals surface area contributed by atoms with Crippen molar-refractivity contribution in [2.75, 3.05) is 20.1 Å². The van der Waals surface area contributed by atoms with Gasteiger partial charge < -0.3 is 14.6 Å². The van der Waals surface area contributed by atoms with Crippen LogP contribution in [0.1, 0.15) is 46.8 Å². The van der Waals surface area contributed by atoms with Gasteiger partial charge >= 0.3 is 0 Å². The highest BCUT2D eigenvalue weighted by atomic mass is 16.3. The standard InChI is InChI=1S/C25H27N3O3/c1-26-23(29)21(19-8-4-2-5-9-19)16-18-10-12-20(13-11-18)24-27-22(17-31-24)25(30)28-14-6-3-7-15-28/h2,4-5,8-13,17,21H,3,6-7,14-16H2,1H3,(H,26,29). The molecule has 4 rings (SSSR count). The number of benzene rings is 2. The molecule has 3 aromatic rings. The minimum atomic E-state index is -0.257. The van der Waals surface area contributed by atoms with E-state index in [1.165, 1.54) is 12.7 Å². The molecule has 1 aliphatic heterocycles. The molecule has 1 saturated heterocycles. The molecule has 31 heavy (non-hydrogen) atoms. The number of nitrogens with zero attached hydrogens (tertiary/aromatic N) is 2. The van der Waals surface area contributed by atoms with Crippen LogP contribution in [-0.2, 0) is 11.2 Å². The molecule has 2 heterocycles. The summed E-state index contributed by atoms with van der Waals surface area (Å²) in [7, 11) is 1.66. The second-order valence-corrected chi connectivity index (χ2v) is 7.87. The number of likely N-dealkylation sites (tertiary alicyclic amines) is 1. The van der Waals surface area contributed by atoms with E-state index < -0.39 is 0 Å². The summed E-state index contributed by atoms with van der Waals surface area (Å²) >= 11 is 0. The monoisotopic (exact) mass is 417 g/mol. The van der Waals surface area contributed by atoms with Crippen molar-refractivity contribution in [2.24, 2.45) is 0 Å². The van der Waals surface area contributed by atoms with Crippen molar-refractivity contribution in [3.05, 3.63) is 77.7 Å². The number of amides is 2. The topological polar surface area (TPSA) is 75.4 Å². The van der Waals surface area contributed by atoms with Crippen molar-refractivity contribution in [1.82, 2.24) is 15.2 Å².